The average molecular weight is 147 g/mol. The van der Waals surface area contributed by atoms with Crippen LogP contribution in [0.2, 0.25) is 0 Å². The SMILES string of the molecule is C=C(C)C=CS(N)(=O)=O. The standard InChI is InChI=1S/C5H9NO2S/c1-5(2)3-4-9(6,7)8/h3-4H,1H2,2H3,(H2,6,7,8). The predicted molar refractivity (Wildman–Crippen MR) is 37.1 cm³/mol. The number of nitrogens with two attached hydrogens (primary N) is 1. The van der Waals surface area contributed by atoms with Gasteiger partial charge in [-0.05, 0) is 13.0 Å². The quantitative estimate of drug-likeness (QED) is 0.573. The Morgan fingerprint density at radius 3 is 2.22 bits per heavy atom. The van der Waals surface area contributed by atoms with Crippen molar-refractivity contribution in [2.75, 3.05) is 0 Å². The molecule has 52 valence electrons. The second-order valence-corrected chi connectivity index (χ2v) is 3.19. The predicted octanol–water partition coefficient (Wildman–Crippen LogP) is 0.365. The molecule has 0 rings (SSSR count). The number of allylic oxidation sites excluding steroid dienone is 2. The minimum atomic E-state index is -3.46. The normalized spacial score (nSPS) is 12.2. The topological polar surface area (TPSA) is 60.2 Å². The summed E-state index contributed by atoms with van der Waals surface area (Å²) in [5.74, 6) is 0. The highest BCUT2D eigenvalue weighted by Crippen LogP contribution is 1.90. The summed E-state index contributed by atoms with van der Waals surface area (Å²) in [6.07, 6.45) is 1.34. The van der Waals surface area contributed by atoms with E-state index in [9.17, 15) is 8.42 Å². The molecule has 0 spiro atoms. The molecule has 0 saturated carbocycles. The van der Waals surface area contributed by atoms with Crippen molar-refractivity contribution < 1.29 is 8.42 Å². The minimum Gasteiger partial charge on any atom is -0.225 e. The molecule has 0 aliphatic carbocycles. The third-order valence-electron chi connectivity index (χ3n) is 0.542. The van der Waals surface area contributed by atoms with Crippen LogP contribution in [0.5, 0.6) is 0 Å². The summed E-state index contributed by atoms with van der Waals surface area (Å²) in [6.45, 7) is 5.13. The van der Waals surface area contributed by atoms with Gasteiger partial charge in [0.1, 0.15) is 0 Å². The molecule has 0 saturated heterocycles. The number of sulfonamides is 1. The van der Waals surface area contributed by atoms with Crippen LogP contribution < -0.4 is 5.14 Å². The maximum absolute atomic E-state index is 10.2. The summed E-state index contributed by atoms with van der Waals surface area (Å²) in [7, 11) is -3.46. The Morgan fingerprint density at radius 1 is 1.67 bits per heavy atom. The maximum atomic E-state index is 10.2. The smallest absolute Gasteiger partial charge is 0.225 e. The van der Waals surface area contributed by atoms with E-state index in [1.165, 1.54) is 6.08 Å². The fraction of sp³-hybridized carbons (Fsp3) is 0.200. The van der Waals surface area contributed by atoms with Crippen molar-refractivity contribution in [3.8, 4) is 0 Å². The second-order valence-electron chi connectivity index (χ2n) is 1.74. The highest BCUT2D eigenvalue weighted by molar-refractivity contribution is 7.92. The number of hydrogen-bond acceptors (Lipinski definition) is 2. The monoisotopic (exact) mass is 147 g/mol. The van der Waals surface area contributed by atoms with Crippen LogP contribution >= 0.6 is 0 Å². The molecule has 0 fully saturated rings. The molecule has 0 aromatic heterocycles. The first-order valence-corrected chi connectivity index (χ1v) is 3.89. The molecule has 0 aromatic carbocycles. The van der Waals surface area contributed by atoms with Gasteiger partial charge >= 0.3 is 0 Å². The first-order chi connectivity index (χ1) is 3.92. The molecule has 0 aliphatic heterocycles. The van der Waals surface area contributed by atoms with E-state index in [0.29, 0.717) is 5.57 Å². The first kappa shape index (κ1) is 8.39. The second kappa shape index (κ2) is 2.80. The van der Waals surface area contributed by atoms with Crippen LogP contribution in [0.1, 0.15) is 6.92 Å². The van der Waals surface area contributed by atoms with Gasteiger partial charge in [-0.2, -0.15) is 0 Å². The fourth-order valence-electron chi connectivity index (χ4n) is 0.211. The van der Waals surface area contributed by atoms with Crippen molar-refractivity contribution in [2.45, 2.75) is 6.92 Å². The molecule has 0 aliphatic rings. The van der Waals surface area contributed by atoms with E-state index >= 15 is 0 Å². The van der Waals surface area contributed by atoms with Crippen molar-refractivity contribution in [1.29, 1.82) is 0 Å². The maximum Gasteiger partial charge on any atom is 0.231 e. The number of rotatable bonds is 2. The van der Waals surface area contributed by atoms with Gasteiger partial charge in [-0.1, -0.05) is 12.2 Å². The van der Waals surface area contributed by atoms with E-state index in [-0.39, 0.29) is 0 Å². The largest absolute Gasteiger partial charge is 0.231 e. The van der Waals surface area contributed by atoms with Gasteiger partial charge in [0.2, 0.25) is 10.0 Å². The lowest BCUT2D eigenvalue weighted by atomic mass is 10.4. The Kier molecular flexibility index (Phi) is 2.61. The number of primary sulfonamides is 1. The zero-order chi connectivity index (χ0) is 7.49. The lowest BCUT2D eigenvalue weighted by Crippen LogP contribution is -2.06. The fourth-order valence-corrected chi connectivity index (χ4v) is 0.633. The van der Waals surface area contributed by atoms with Gasteiger partial charge in [0.05, 0.1) is 0 Å². The zero-order valence-electron chi connectivity index (χ0n) is 5.16. The molecular weight excluding hydrogens is 138 g/mol. The van der Waals surface area contributed by atoms with Gasteiger partial charge in [0.25, 0.3) is 0 Å². The molecular formula is C5H9NO2S. The summed E-state index contributed by atoms with van der Waals surface area (Å²) in [5.41, 5.74) is 0.657. The first-order valence-electron chi connectivity index (χ1n) is 2.28. The van der Waals surface area contributed by atoms with Gasteiger partial charge in [-0.25, -0.2) is 13.6 Å². The molecule has 0 aromatic rings. The Bertz CT molecular complexity index is 225. The van der Waals surface area contributed by atoms with Crippen LogP contribution in [0.15, 0.2) is 23.6 Å². The van der Waals surface area contributed by atoms with E-state index in [1.54, 1.807) is 6.92 Å². The van der Waals surface area contributed by atoms with Crippen molar-refractivity contribution in [3.63, 3.8) is 0 Å². The molecule has 0 bridgehead atoms. The summed E-state index contributed by atoms with van der Waals surface area (Å²) in [4.78, 5) is 0. The van der Waals surface area contributed by atoms with E-state index in [0.717, 1.165) is 5.41 Å². The Balaban J connectivity index is 4.21. The van der Waals surface area contributed by atoms with Crippen molar-refractivity contribution >= 4 is 10.0 Å². The van der Waals surface area contributed by atoms with Gasteiger partial charge < -0.3 is 0 Å². The van der Waals surface area contributed by atoms with E-state index in [4.69, 9.17) is 0 Å². The molecule has 0 heterocycles. The molecule has 4 heteroatoms. The third kappa shape index (κ3) is 7.39. The Morgan fingerprint density at radius 2 is 2.11 bits per heavy atom. The number of hydrogen-bond donors (Lipinski definition) is 1. The summed E-state index contributed by atoms with van der Waals surface area (Å²) < 4.78 is 20.4. The van der Waals surface area contributed by atoms with Crippen LogP contribution in [0, 0.1) is 0 Å². The molecule has 9 heavy (non-hydrogen) atoms. The molecule has 0 atom stereocenters. The van der Waals surface area contributed by atoms with Gasteiger partial charge in [0.15, 0.2) is 0 Å². The van der Waals surface area contributed by atoms with Crippen molar-refractivity contribution in [1.82, 2.24) is 0 Å². The lowest BCUT2D eigenvalue weighted by Gasteiger charge is -1.84. The van der Waals surface area contributed by atoms with Crippen molar-refractivity contribution in [3.05, 3.63) is 23.6 Å². The average Bonchev–Trinajstić information content (AvgIpc) is 1.59. The van der Waals surface area contributed by atoms with Crippen LogP contribution in [0.4, 0.5) is 0 Å². The molecule has 2 N–H and O–H groups in total. The highest BCUT2D eigenvalue weighted by atomic mass is 32.2. The van der Waals surface area contributed by atoms with E-state index in [2.05, 4.69) is 11.7 Å². The van der Waals surface area contributed by atoms with Crippen LogP contribution in [-0.2, 0) is 10.0 Å². The van der Waals surface area contributed by atoms with E-state index < -0.39 is 10.0 Å². The van der Waals surface area contributed by atoms with Gasteiger partial charge in [-0.15, -0.1) is 0 Å². The van der Waals surface area contributed by atoms with Crippen LogP contribution in [0.25, 0.3) is 0 Å². The van der Waals surface area contributed by atoms with E-state index in [1.807, 2.05) is 0 Å². The Hall–Kier alpha value is -0.610. The molecule has 0 amide bonds. The zero-order valence-corrected chi connectivity index (χ0v) is 5.98. The lowest BCUT2D eigenvalue weighted by molar-refractivity contribution is 0.606. The summed E-state index contributed by atoms with van der Waals surface area (Å²) >= 11 is 0. The summed E-state index contributed by atoms with van der Waals surface area (Å²) in [6, 6.07) is 0. The molecule has 3 nitrogen and oxygen atoms in total. The van der Waals surface area contributed by atoms with Crippen LogP contribution in [0.3, 0.4) is 0 Å². The summed E-state index contributed by atoms with van der Waals surface area (Å²) in [5, 5.41) is 5.54. The highest BCUT2D eigenvalue weighted by Gasteiger charge is 1.90. The minimum absolute atomic E-state index is 0.657. The Labute approximate surface area is 54.9 Å². The van der Waals surface area contributed by atoms with Crippen molar-refractivity contribution in [2.24, 2.45) is 5.14 Å². The van der Waals surface area contributed by atoms with Gasteiger partial charge in [0, 0.05) is 5.41 Å². The van der Waals surface area contributed by atoms with Gasteiger partial charge in [-0.3, -0.25) is 0 Å². The van der Waals surface area contributed by atoms with Crippen LogP contribution in [-0.4, -0.2) is 8.42 Å². The molecule has 0 unspecified atom stereocenters. The molecule has 0 radical (unpaired) electrons. The third-order valence-corrected chi connectivity index (χ3v) is 1.06.